The van der Waals surface area contributed by atoms with Crippen molar-refractivity contribution in [3.8, 4) is 0 Å². The molecule has 2 N–H and O–H groups in total. The second-order valence-corrected chi connectivity index (χ2v) is 7.78. The zero-order chi connectivity index (χ0) is 21.1. The van der Waals surface area contributed by atoms with Gasteiger partial charge in [-0.3, -0.25) is 0 Å². The third-order valence-electron chi connectivity index (χ3n) is 5.71. The summed E-state index contributed by atoms with van der Waals surface area (Å²) in [5.41, 5.74) is 1.88. The Morgan fingerprint density at radius 2 is 1.45 bits per heavy atom. The quantitative estimate of drug-likeness (QED) is 0.515. The first-order valence-electron chi connectivity index (χ1n) is 10.6. The molecule has 156 valence electrons. The highest BCUT2D eigenvalue weighted by molar-refractivity contribution is 5.89. The van der Waals surface area contributed by atoms with E-state index in [1.54, 1.807) is 36.4 Å². The fraction of sp³-hybridized carbons (Fsp3) is 0.440. The molecule has 0 amide bonds. The van der Waals surface area contributed by atoms with Crippen LogP contribution < -0.4 is 0 Å². The van der Waals surface area contributed by atoms with Gasteiger partial charge in [-0.1, -0.05) is 69.0 Å². The summed E-state index contributed by atoms with van der Waals surface area (Å²) in [5, 5.41) is 17.7. The summed E-state index contributed by atoms with van der Waals surface area (Å²) in [4.78, 5) is 21.5. The molecule has 0 radical (unpaired) electrons. The van der Waals surface area contributed by atoms with Crippen molar-refractivity contribution in [1.82, 2.24) is 0 Å². The number of unbranched alkanes of at least 4 members (excludes halogenated alkanes) is 2. The van der Waals surface area contributed by atoms with Crippen LogP contribution in [0.1, 0.15) is 90.5 Å². The molecule has 1 fully saturated rings. The molecule has 0 aliphatic heterocycles. The van der Waals surface area contributed by atoms with E-state index in [9.17, 15) is 14.7 Å². The number of hydrogen-bond donors (Lipinski definition) is 2. The summed E-state index contributed by atoms with van der Waals surface area (Å²) in [5.74, 6) is -0.346. The highest BCUT2D eigenvalue weighted by Gasteiger charge is 2.24. The molecule has 2 aromatic carbocycles. The van der Waals surface area contributed by atoms with Gasteiger partial charge in [0, 0.05) is 0 Å². The van der Waals surface area contributed by atoms with Crippen LogP contribution in [0.3, 0.4) is 0 Å². The molecule has 0 aromatic heterocycles. The molecule has 4 nitrogen and oxygen atoms in total. The topological polar surface area (TPSA) is 74.6 Å². The van der Waals surface area contributed by atoms with Gasteiger partial charge in [0.25, 0.3) is 0 Å². The number of aromatic carboxylic acids is 2. The monoisotopic (exact) mass is 396 g/mol. The summed E-state index contributed by atoms with van der Waals surface area (Å²) in [6.07, 6.45) is 10.2. The molecule has 2 aromatic rings. The van der Waals surface area contributed by atoms with E-state index >= 15 is 0 Å². The van der Waals surface area contributed by atoms with Crippen molar-refractivity contribution < 1.29 is 19.8 Å². The van der Waals surface area contributed by atoms with E-state index in [2.05, 4.69) is 6.92 Å². The number of carbonyl (C=O) groups is 2. The van der Waals surface area contributed by atoms with Gasteiger partial charge in [0.1, 0.15) is 0 Å². The molecular formula is C25H32O4. The molecule has 29 heavy (non-hydrogen) atoms. The molecule has 1 aliphatic rings. The summed E-state index contributed by atoms with van der Waals surface area (Å²) in [7, 11) is 0. The van der Waals surface area contributed by atoms with Gasteiger partial charge in [0.2, 0.25) is 0 Å². The summed E-state index contributed by atoms with van der Waals surface area (Å²) in [6, 6.07) is 15.8. The molecule has 1 saturated carbocycles. The van der Waals surface area contributed by atoms with Gasteiger partial charge in [-0.25, -0.2) is 9.59 Å². The first kappa shape index (κ1) is 22.7. The fourth-order valence-corrected chi connectivity index (χ4v) is 4.07. The van der Waals surface area contributed by atoms with E-state index in [1.807, 2.05) is 18.2 Å². The lowest BCUT2D eigenvalue weighted by Crippen LogP contribution is -2.15. The third kappa shape index (κ3) is 7.37. The zero-order valence-corrected chi connectivity index (χ0v) is 17.2. The number of benzene rings is 2. The van der Waals surface area contributed by atoms with Crippen molar-refractivity contribution in [3.63, 3.8) is 0 Å². The summed E-state index contributed by atoms with van der Waals surface area (Å²) < 4.78 is 0. The third-order valence-corrected chi connectivity index (χ3v) is 5.71. The number of rotatable bonds is 7. The van der Waals surface area contributed by atoms with Crippen LogP contribution in [0.25, 0.3) is 0 Å². The zero-order valence-electron chi connectivity index (χ0n) is 17.2. The highest BCUT2D eigenvalue weighted by atomic mass is 16.4. The van der Waals surface area contributed by atoms with Crippen molar-refractivity contribution in [2.24, 2.45) is 5.92 Å². The van der Waals surface area contributed by atoms with E-state index in [0.717, 1.165) is 24.3 Å². The molecule has 0 spiro atoms. The van der Waals surface area contributed by atoms with Crippen LogP contribution >= 0.6 is 0 Å². The van der Waals surface area contributed by atoms with Crippen molar-refractivity contribution >= 4 is 11.9 Å². The Balaban J connectivity index is 0.000000278. The van der Waals surface area contributed by atoms with Crippen molar-refractivity contribution in [2.45, 2.75) is 64.2 Å². The average Bonchev–Trinajstić information content (AvgIpc) is 2.75. The minimum atomic E-state index is -0.879. The standard InChI is InChI=1S/C18H26O2.C7H6O2/c1-2-3-4-7-14-10-12-15(13-11-14)16-8-5-6-9-17(16)18(19)20;8-7(9)6-4-2-1-3-5-6/h5-6,8-9,14-15H,2-4,7,10-13H2,1H3,(H,19,20);1-5H,(H,8,9). The Labute approximate surface area is 173 Å². The van der Waals surface area contributed by atoms with Gasteiger partial charge >= 0.3 is 11.9 Å². The lowest BCUT2D eigenvalue weighted by molar-refractivity contribution is 0.0685. The first-order chi connectivity index (χ1) is 14.0. The van der Waals surface area contributed by atoms with Crippen LogP contribution in [0.5, 0.6) is 0 Å². The Kier molecular flexibility index (Phi) is 9.42. The highest BCUT2D eigenvalue weighted by Crippen LogP contribution is 2.38. The van der Waals surface area contributed by atoms with Crippen molar-refractivity contribution in [3.05, 3.63) is 71.3 Å². The van der Waals surface area contributed by atoms with Crippen LogP contribution in [0.4, 0.5) is 0 Å². The van der Waals surface area contributed by atoms with E-state index in [-0.39, 0.29) is 0 Å². The van der Waals surface area contributed by atoms with Crippen LogP contribution in [-0.4, -0.2) is 22.2 Å². The van der Waals surface area contributed by atoms with Gasteiger partial charge in [-0.15, -0.1) is 0 Å². The van der Waals surface area contributed by atoms with E-state index in [4.69, 9.17) is 5.11 Å². The largest absolute Gasteiger partial charge is 0.478 e. The normalized spacial score (nSPS) is 18.4. The van der Waals surface area contributed by atoms with E-state index in [0.29, 0.717) is 17.0 Å². The van der Waals surface area contributed by atoms with Crippen LogP contribution in [0, 0.1) is 5.92 Å². The Morgan fingerprint density at radius 1 is 0.828 bits per heavy atom. The first-order valence-corrected chi connectivity index (χ1v) is 10.6. The lowest BCUT2D eigenvalue weighted by atomic mass is 9.76. The number of hydrogen-bond acceptors (Lipinski definition) is 2. The van der Waals surface area contributed by atoms with Crippen LogP contribution in [-0.2, 0) is 0 Å². The molecule has 0 heterocycles. The van der Waals surface area contributed by atoms with Gasteiger partial charge in [0.05, 0.1) is 11.1 Å². The lowest BCUT2D eigenvalue weighted by Gasteiger charge is -2.29. The molecular weight excluding hydrogens is 364 g/mol. The van der Waals surface area contributed by atoms with E-state index in [1.165, 1.54) is 38.5 Å². The predicted molar refractivity (Wildman–Crippen MR) is 116 cm³/mol. The van der Waals surface area contributed by atoms with Gasteiger partial charge in [0.15, 0.2) is 0 Å². The second kappa shape index (κ2) is 12.1. The molecule has 0 saturated heterocycles. The van der Waals surface area contributed by atoms with E-state index < -0.39 is 11.9 Å². The van der Waals surface area contributed by atoms with Gasteiger partial charge in [-0.05, 0) is 61.3 Å². The summed E-state index contributed by atoms with van der Waals surface area (Å²) >= 11 is 0. The predicted octanol–water partition coefficient (Wildman–Crippen LogP) is 6.62. The molecule has 4 heteroatoms. The summed E-state index contributed by atoms with van der Waals surface area (Å²) in [6.45, 7) is 2.25. The molecule has 0 bridgehead atoms. The fourth-order valence-electron chi connectivity index (χ4n) is 4.07. The van der Waals surface area contributed by atoms with Crippen LogP contribution in [0.2, 0.25) is 0 Å². The van der Waals surface area contributed by atoms with Crippen molar-refractivity contribution in [2.75, 3.05) is 0 Å². The number of carboxylic acids is 2. The maximum Gasteiger partial charge on any atom is 0.335 e. The van der Waals surface area contributed by atoms with Crippen molar-refractivity contribution in [1.29, 1.82) is 0 Å². The molecule has 1 aliphatic carbocycles. The molecule has 0 atom stereocenters. The van der Waals surface area contributed by atoms with Gasteiger partial charge in [-0.2, -0.15) is 0 Å². The average molecular weight is 397 g/mol. The minimum absolute atomic E-state index is 0.331. The second-order valence-electron chi connectivity index (χ2n) is 7.78. The Hall–Kier alpha value is -2.62. The maximum absolute atomic E-state index is 11.3. The number of carboxylic acid groups (broad SMARTS) is 2. The SMILES string of the molecule is CCCCCC1CCC(c2ccccc2C(=O)O)CC1.O=C(O)c1ccccc1. The molecule has 0 unspecified atom stereocenters. The minimum Gasteiger partial charge on any atom is -0.478 e. The Morgan fingerprint density at radius 3 is 2.00 bits per heavy atom. The van der Waals surface area contributed by atoms with Crippen LogP contribution in [0.15, 0.2) is 54.6 Å². The molecule has 3 rings (SSSR count). The maximum atomic E-state index is 11.3. The smallest absolute Gasteiger partial charge is 0.335 e. The van der Waals surface area contributed by atoms with Gasteiger partial charge < -0.3 is 10.2 Å². The Bertz CT molecular complexity index is 761.